The predicted octanol–water partition coefficient (Wildman–Crippen LogP) is 0.0237. The molecule has 1 aliphatic rings. The van der Waals surface area contributed by atoms with Crippen LogP contribution in [0.3, 0.4) is 0 Å². The van der Waals surface area contributed by atoms with E-state index in [4.69, 9.17) is 4.74 Å². The minimum atomic E-state index is -0.899. The number of hydrogen-bond donors (Lipinski definition) is 1. The van der Waals surface area contributed by atoms with E-state index in [1.807, 2.05) is 6.07 Å². The zero-order valence-corrected chi connectivity index (χ0v) is 9.42. The molecule has 18 heavy (non-hydrogen) atoms. The number of hydrogen-bond acceptors (Lipinski definition) is 5. The van der Waals surface area contributed by atoms with Crippen molar-refractivity contribution in [3.8, 4) is 5.75 Å². The Morgan fingerprint density at radius 2 is 2.06 bits per heavy atom. The van der Waals surface area contributed by atoms with Crippen molar-refractivity contribution in [2.24, 2.45) is 0 Å². The van der Waals surface area contributed by atoms with Crippen LogP contribution in [0.1, 0.15) is 6.42 Å². The van der Waals surface area contributed by atoms with Gasteiger partial charge in [-0.25, -0.2) is 4.79 Å². The summed E-state index contributed by atoms with van der Waals surface area (Å²) in [5.41, 5.74) is 0. The van der Waals surface area contributed by atoms with Gasteiger partial charge in [0.25, 0.3) is 5.91 Å². The van der Waals surface area contributed by atoms with Crippen LogP contribution in [-0.2, 0) is 19.1 Å². The zero-order chi connectivity index (χ0) is 13.0. The van der Waals surface area contributed by atoms with Crippen LogP contribution in [-0.4, -0.2) is 30.5 Å². The highest BCUT2D eigenvalue weighted by atomic mass is 16.6. The summed E-state index contributed by atoms with van der Waals surface area (Å²) in [7, 11) is 0. The highest BCUT2D eigenvalue weighted by Crippen LogP contribution is 2.09. The van der Waals surface area contributed by atoms with Gasteiger partial charge in [-0.2, -0.15) is 0 Å². The molecule has 1 unspecified atom stereocenters. The first-order chi connectivity index (χ1) is 8.65. The number of nitrogens with one attached hydrogen (secondary N) is 1. The van der Waals surface area contributed by atoms with Gasteiger partial charge in [0, 0.05) is 0 Å². The number of para-hydroxylation sites is 1. The van der Waals surface area contributed by atoms with Gasteiger partial charge in [-0.15, -0.1) is 0 Å². The number of esters is 2. The van der Waals surface area contributed by atoms with Crippen LogP contribution in [0, 0.1) is 0 Å². The molecule has 1 amide bonds. The molecule has 1 N–H and O–H groups in total. The van der Waals surface area contributed by atoms with Crippen LogP contribution in [0.5, 0.6) is 5.75 Å². The van der Waals surface area contributed by atoms with E-state index in [0.29, 0.717) is 5.75 Å². The van der Waals surface area contributed by atoms with E-state index in [1.54, 1.807) is 24.3 Å². The SMILES string of the molecule is O=C(COc1ccccc1)NC1CC(=O)OC1=O. The molecule has 1 aromatic rings. The van der Waals surface area contributed by atoms with Gasteiger partial charge in [0.1, 0.15) is 11.8 Å². The van der Waals surface area contributed by atoms with Gasteiger partial charge < -0.3 is 14.8 Å². The van der Waals surface area contributed by atoms with Crippen LogP contribution in [0.15, 0.2) is 30.3 Å². The fourth-order valence-corrected chi connectivity index (χ4v) is 1.49. The first-order valence-electron chi connectivity index (χ1n) is 5.37. The Kier molecular flexibility index (Phi) is 3.57. The molecule has 1 aliphatic heterocycles. The van der Waals surface area contributed by atoms with Crippen molar-refractivity contribution in [1.29, 1.82) is 0 Å². The number of carbonyl (C=O) groups excluding carboxylic acids is 3. The average molecular weight is 249 g/mol. The van der Waals surface area contributed by atoms with Crippen molar-refractivity contribution >= 4 is 17.8 Å². The molecule has 0 aliphatic carbocycles. The third-order valence-corrected chi connectivity index (χ3v) is 2.32. The lowest BCUT2D eigenvalue weighted by Gasteiger charge is -2.09. The molecule has 0 saturated carbocycles. The van der Waals surface area contributed by atoms with Crippen LogP contribution >= 0.6 is 0 Å². The average Bonchev–Trinajstić information content (AvgIpc) is 2.67. The van der Waals surface area contributed by atoms with E-state index in [9.17, 15) is 14.4 Å². The molecule has 1 heterocycles. The first-order valence-corrected chi connectivity index (χ1v) is 5.37. The summed E-state index contributed by atoms with van der Waals surface area (Å²) in [5, 5.41) is 2.37. The fourth-order valence-electron chi connectivity index (χ4n) is 1.49. The van der Waals surface area contributed by atoms with Crippen LogP contribution in [0.25, 0.3) is 0 Å². The number of ether oxygens (including phenoxy) is 2. The topological polar surface area (TPSA) is 81.7 Å². The summed E-state index contributed by atoms with van der Waals surface area (Å²) in [6, 6.07) is 7.90. The molecule has 0 radical (unpaired) electrons. The van der Waals surface area contributed by atoms with E-state index in [0.717, 1.165) is 0 Å². The largest absolute Gasteiger partial charge is 0.484 e. The standard InChI is InChI=1S/C12H11NO5/c14-10(7-17-8-4-2-1-3-5-8)13-9-6-11(15)18-12(9)16/h1-5,9H,6-7H2,(H,13,14). The third kappa shape index (κ3) is 3.07. The van der Waals surface area contributed by atoms with Crippen molar-refractivity contribution in [2.75, 3.05) is 6.61 Å². The van der Waals surface area contributed by atoms with Crippen LogP contribution in [0.2, 0.25) is 0 Å². The second kappa shape index (κ2) is 5.31. The van der Waals surface area contributed by atoms with Crippen molar-refractivity contribution in [1.82, 2.24) is 5.32 Å². The van der Waals surface area contributed by atoms with E-state index in [1.165, 1.54) is 0 Å². The Hall–Kier alpha value is -2.37. The highest BCUT2D eigenvalue weighted by molar-refractivity contribution is 5.99. The maximum Gasteiger partial charge on any atom is 0.336 e. The number of cyclic esters (lactones) is 2. The zero-order valence-electron chi connectivity index (χ0n) is 9.42. The smallest absolute Gasteiger partial charge is 0.336 e. The molecule has 0 bridgehead atoms. The molecule has 1 atom stereocenters. The second-order valence-corrected chi connectivity index (χ2v) is 3.72. The summed E-state index contributed by atoms with van der Waals surface area (Å²) in [6.45, 7) is -0.220. The number of benzene rings is 1. The van der Waals surface area contributed by atoms with Gasteiger partial charge in [0.05, 0.1) is 6.42 Å². The van der Waals surface area contributed by atoms with Crippen molar-refractivity contribution in [3.63, 3.8) is 0 Å². The Labute approximate surface area is 103 Å². The number of rotatable bonds is 4. The summed E-state index contributed by atoms with van der Waals surface area (Å²) < 4.78 is 9.50. The van der Waals surface area contributed by atoms with Gasteiger partial charge in [0.15, 0.2) is 6.61 Å². The Balaban J connectivity index is 1.79. The van der Waals surface area contributed by atoms with Crippen molar-refractivity contribution < 1.29 is 23.9 Å². The van der Waals surface area contributed by atoms with E-state index >= 15 is 0 Å². The van der Waals surface area contributed by atoms with Crippen molar-refractivity contribution in [2.45, 2.75) is 12.5 Å². The molecule has 1 fully saturated rings. The summed E-state index contributed by atoms with van der Waals surface area (Å²) in [6.07, 6.45) is -0.129. The van der Waals surface area contributed by atoms with Gasteiger partial charge in [-0.1, -0.05) is 18.2 Å². The number of amides is 1. The van der Waals surface area contributed by atoms with Gasteiger partial charge in [-0.05, 0) is 12.1 Å². The fraction of sp³-hybridized carbons (Fsp3) is 0.250. The molecule has 2 rings (SSSR count). The summed E-state index contributed by atoms with van der Waals surface area (Å²) in [4.78, 5) is 33.4. The normalized spacial score (nSPS) is 18.3. The van der Waals surface area contributed by atoms with E-state index in [-0.39, 0.29) is 13.0 Å². The first kappa shape index (κ1) is 12.1. The van der Waals surface area contributed by atoms with Crippen LogP contribution in [0.4, 0.5) is 0 Å². The van der Waals surface area contributed by atoms with E-state index in [2.05, 4.69) is 10.1 Å². The highest BCUT2D eigenvalue weighted by Gasteiger charge is 2.34. The molecule has 1 aromatic carbocycles. The Bertz CT molecular complexity index is 471. The number of carbonyl (C=O) groups is 3. The molecule has 1 saturated heterocycles. The predicted molar refractivity (Wildman–Crippen MR) is 59.6 cm³/mol. The Morgan fingerprint density at radius 3 is 2.67 bits per heavy atom. The lowest BCUT2D eigenvalue weighted by molar-refractivity contribution is -0.153. The molecule has 94 valence electrons. The monoisotopic (exact) mass is 249 g/mol. The maximum absolute atomic E-state index is 11.5. The van der Waals surface area contributed by atoms with Gasteiger partial charge >= 0.3 is 11.9 Å². The molecule has 6 nitrogen and oxygen atoms in total. The van der Waals surface area contributed by atoms with Crippen LogP contribution < -0.4 is 10.1 Å². The minimum absolute atomic E-state index is 0.129. The Morgan fingerprint density at radius 1 is 1.33 bits per heavy atom. The quantitative estimate of drug-likeness (QED) is 0.601. The second-order valence-electron chi connectivity index (χ2n) is 3.72. The lowest BCUT2D eigenvalue weighted by Crippen LogP contribution is -2.40. The molecule has 0 aromatic heterocycles. The van der Waals surface area contributed by atoms with Crippen molar-refractivity contribution in [3.05, 3.63) is 30.3 Å². The molecule has 6 heteroatoms. The maximum atomic E-state index is 11.5. The lowest BCUT2D eigenvalue weighted by atomic mass is 10.2. The van der Waals surface area contributed by atoms with Gasteiger partial charge in [0.2, 0.25) is 0 Å². The summed E-state index contributed by atoms with van der Waals surface area (Å²) in [5.74, 6) is -1.28. The summed E-state index contributed by atoms with van der Waals surface area (Å²) >= 11 is 0. The molecule has 0 spiro atoms. The molecular formula is C12H11NO5. The minimum Gasteiger partial charge on any atom is -0.484 e. The van der Waals surface area contributed by atoms with Gasteiger partial charge in [-0.3, -0.25) is 9.59 Å². The van der Waals surface area contributed by atoms with E-state index < -0.39 is 23.9 Å². The molecular weight excluding hydrogens is 238 g/mol. The third-order valence-electron chi connectivity index (χ3n) is 2.32.